The highest BCUT2D eigenvalue weighted by Crippen LogP contribution is 2.19. The summed E-state index contributed by atoms with van der Waals surface area (Å²) in [7, 11) is 1.93. The molecular formula is C25H34FN3O2. The Morgan fingerprint density at radius 2 is 1.87 bits per heavy atom. The maximum absolute atomic E-state index is 13.5. The molecular weight excluding hydrogens is 393 g/mol. The molecule has 2 aromatic rings. The fourth-order valence-corrected chi connectivity index (χ4v) is 3.12. The Morgan fingerprint density at radius 1 is 1.23 bits per heavy atom. The van der Waals surface area contributed by atoms with E-state index in [4.69, 9.17) is 15.7 Å². The molecule has 5 nitrogen and oxygen atoms in total. The largest absolute Gasteiger partial charge is 0.493 e. The molecule has 0 bridgehead atoms. The quantitative estimate of drug-likeness (QED) is 0.656. The van der Waals surface area contributed by atoms with Crippen LogP contribution in [0.2, 0.25) is 0 Å². The molecule has 2 aromatic carbocycles. The number of nitrogens with zero attached hydrogens (tertiary/aromatic N) is 2. The predicted molar refractivity (Wildman–Crippen MR) is 121 cm³/mol. The van der Waals surface area contributed by atoms with Gasteiger partial charge in [0.2, 0.25) is 0 Å². The standard InChI is InChI=1S/C25H34FN3O2/c1-19(2)18-31-24-10-6-20(7-11-24)16-27-25(30)29(23-12-14-28(3)15-13-23)17-21-4-8-22(26)9-5-21/h4-11,19,23H,12-18H2,1-3H3,(H,27,30)/i6D,7D,10D,11D,17D2,18D2. The van der Waals surface area contributed by atoms with Crippen molar-refractivity contribution in [3.63, 3.8) is 0 Å². The van der Waals surface area contributed by atoms with E-state index < -0.39 is 73.3 Å². The third-order valence-electron chi connectivity index (χ3n) is 4.83. The fraction of sp³-hybridized carbons (Fsp3) is 0.480. The molecule has 1 fully saturated rings. The SMILES string of the molecule is [2H]c1c([2H])c(OC([2H])([2H])C(C)C)c([2H])c([2H])c1CNC(=O)N(C1CCN(C)CC1)C([2H])([2H])c1ccc(F)cc1. The Morgan fingerprint density at radius 3 is 2.48 bits per heavy atom. The molecule has 1 aliphatic heterocycles. The first-order chi connectivity index (χ1) is 18.1. The second-order valence-electron chi connectivity index (χ2n) is 7.86. The van der Waals surface area contributed by atoms with E-state index >= 15 is 0 Å². The van der Waals surface area contributed by atoms with Gasteiger partial charge in [-0.25, -0.2) is 9.18 Å². The summed E-state index contributed by atoms with van der Waals surface area (Å²) >= 11 is 0. The number of nitrogens with one attached hydrogen (secondary N) is 1. The van der Waals surface area contributed by atoms with Crippen LogP contribution in [-0.2, 0) is 13.0 Å². The number of carbonyl (C=O) groups excluding carboxylic acids is 1. The zero-order valence-electron chi connectivity index (χ0n) is 26.1. The number of piperidine rings is 1. The molecule has 0 atom stereocenters. The Kier molecular flexibility index (Phi) is 5.20. The normalized spacial score (nSPS) is 19.8. The van der Waals surface area contributed by atoms with E-state index in [1.807, 2.05) is 7.05 Å². The minimum absolute atomic E-state index is 0.0863. The van der Waals surface area contributed by atoms with Gasteiger partial charge in [-0.2, -0.15) is 0 Å². The summed E-state index contributed by atoms with van der Waals surface area (Å²) in [6.45, 7) is -0.598. The van der Waals surface area contributed by atoms with Crippen LogP contribution in [0.25, 0.3) is 0 Å². The van der Waals surface area contributed by atoms with Gasteiger partial charge in [0, 0.05) is 19.1 Å². The van der Waals surface area contributed by atoms with Gasteiger partial charge >= 0.3 is 6.03 Å². The topological polar surface area (TPSA) is 44.8 Å². The number of hydrogen-bond donors (Lipinski definition) is 1. The molecule has 6 heteroatoms. The fourth-order valence-electron chi connectivity index (χ4n) is 3.12. The third-order valence-corrected chi connectivity index (χ3v) is 4.83. The number of ether oxygens (including phenoxy) is 1. The summed E-state index contributed by atoms with van der Waals surface area (Å²) in [5, 5.41) is 2.55. The van der Waals surface area contributed by atoms with Crippen LogP contribution >= 0.6 is 0 Å². The van der Waals surface area contributed by atoms with Gasteiger partial charge in [-0.3, -0.25) is 0 Å². The van der Waals surface area contributed by atoms with Crippen LogP contribution in [0.3, 0.4) is 0 Å². The number of urea groups is 1. The summed E-state index contributed by atoms with van der Waals surface area (Å²) in [5.41, 5.74) is -0.0652. The van der Waals surface area contributed by atoms with Crippen molar-refractivity contribution in [2.24, 2.45) is 5.92 Å². The van der Waals surface area contributed by atoms with Gasteiger partial charge < -0.3 is 19.9 Å². The van der Waals surface area contributed by atoms with Crippen LogP contribution in [0.15, 0.2) is 48.4 Å². The Balaban J connectivity index is 1.92. The number of amides is 2. The molecule has 168 valence electrons. The first-order valence-electron chi connectivity index (χ1n) is 14.4. The maximum Gasteiger partial charge on any atom is 0.318 e. The van der Waals surface area contributed by atoms with E-state index in [-0.39, 0.29) is 11.1 Å². The Labute approximate surface area is 196 Å². The van der Waals surface area contributed by atoms with Crippen LogP contribution in [0.4, 0.5) is 9.18 Å². The molecule has 3 rings (SSSR count). The molecule has 2 amide bonds. The smallest absolute Gasteiger partial charge is 0.318 e. The molecule has 1 heterocycles. The zero-order valence-corrected chi connectivity index (χ0v) is 18.1. The summed E-state index contributed by atoms with van der Waals surface area (Å²) in [6.07, 6.45) is 0.991. The van der Waals surface area contributed by atoms with Crippen molar-refractivity contribution in [2.45, 2.75) is 45.8 Å². The molecule has 0 aromatic heterocycles. The van der Waals surface area contributed by atoms with Crippen molar-refractivity contribution in [3.8, 4) is 5.75 Å². The monoisotopic (exact) mass is 435 g/mol. The van der Waals surface area contributed by atoms with E-state index in [0.717, 1.165) is 17.0 Å². The highest BCUT2D eigenvalue weighted by atomic mass is 19.1. The predicted octanol–water partition coefficient (Wildman–Crippen LogP) is 4.67. The van der Waals surface area contributed by atoms with Gasteiger partial charge in [0.25, 0.3) is 0 Å². The highest BCUT2D eigenvalue weighted by Gasteiger charge is 2.27. The van der Waals surface area contributed by atoms with Gasteiger partial charge in [-0.15, -0.1) is 0 Å². The molecule has 1 saturated heterocycles. The lowest BCUT2D eigenvalue weighted by atomic mass is 10.0. The molecule has 31 heavy (non-hydrogen) atoms. The van der Waals surface area contributed by atoms with Gasteiger partial charge in [0.15, 0.2) is 0 Å². The van der Waals surface area contributed by atoms with Gasteiger partial charge in [-0.1, -0.05) is 38.1 Å². The van der Waals surface area contributed by atoms with Crippen molar-refractivity contribution < 1.29 is 24.9 Å². The molecule has 0 saturated carbocycles. The average Bonchev–Trinajstić information content (AvgIpc) is 2.87. The highest BCUT2D eigenvalue weighted by molar-refractivity contribution is 5.74. The first kappa shape index (κ1) is 14.5. The van der Waals surface area contributed by atoms with Crippen LogP contribution in [-0.4, -0.2) is 48.6 Å². The second kappa shape index (κ2) is 11.1. The molecule has 0 unspecified atom stereocenters. The average molecular weight is 436 g/mol. The van der Waals surface area contributed by atoms with E-state index in [0.29, 0.717) is 25.9 Å². The van der Waals surface area contributed by atoms with E-state index in [9.17, 15) is 9.18 Å². The van der Waals surface area contributed by atoms with Crippen molar-refractivity contribution >= 4 is 6.03 Å². The number of halogens is 1. The molecule has 0 spiro atoms. The van der Waals surface area contributed by atoms with Crippen molar-refractivity contribution in [1.29, 1.82) is 0 Å². The lowest BCUT2D eigenvalue weighted by Gasteiger charge is -2.37. The number of carbonyl (C=O) groups is 1. The van der Waals surface area contributed by atoms with Crippen LogP contribution in [0, 0.1) is 11.7 Å². The lowest BCUT2D eigenvalue weighted by Crippen LogP contribution is -2.49. The maximum atomic E-state index is 13.5. The summed E-state index contributed by atoms with van der Waals surface area (Å²) in [4.78, 5) is 16.6. The minimum Gasteiger partial charge on any atom is -0.493 e. The zero-order chi connectivity index (χ0) is 29.3. The molecule has 0 radical (unpaired) electrons. The van der Waals surface area contributed by atoms with Gasteiger partial charge in [-0.05, 0) is 74.2 Å². The Bertz CT molecular complexity index is 1160. The number of likely N-dealkylation sites (tertiary alicyclic amines) is 1. The molecule has 1 N–H and O–H groups in total. The summed E-state index contributed by atoms with van der Waals surface area (Å²) < 4.78 is 85.6. The number of hydrogen-bond acceptors (Lipinski definition) is 3. The summed E-state index contributed by atoms with van der Waals surface area (Å²) in [6, 6.07) is 1.32. The lowest BCUT2D eigenvalue weighted by molar-refractivity contribution is 0.127. The van der Waals surface area contributed by atoms with E-state index in [2.05, 4.69) is 10.2 Å². The van der Waals surface area contributed by atoms with Gasteiger partial charge in [0.05, 0.1) is 17.5 Å². The van der Waals surface area contributed by atoms with Crippen LogP contribution < -0.4 is 10.1 Å². The number of rotatable bonds is 8. The van der Waals surface area contributed by atoms with Crippen molar-refractivity contribution in [2.75, 3.05) is 26.7 Å². The van der Waals surface area contributed by atoms with Crippen LogP contribution in [0.1, 0.15) is 48.8 Å². The first-order valence-corrected chi connectivity index (χ1v) is 10.4. The van der Waals surface area contributed by atoms with Crippen LogP contribution in [0.5, 0.6) is 5.75 Å². The van der Waals surface area contributed by atoms with Crippen molar-refractivity contribution in [1.82, 2.24) is 15.1 Å². The Hall–Kier alpha value is -2.60. The minimum atomic E-state index is -2.31. The van der Waals surface area contributed by atoms with E-state index in [1.54, 1.807) is 13.8 Å². The molecule has 0 aliphatic carbocycles. The van der Waals surface area contributed by atoms with Crippen molar-refractivity contribution in [3.05, 3.63) is 65.4 Å². The summed E-state index contributed by atoms with van der Waals surface area (Å²) in [5.74, 6) is -1.69. The second-order valence-corrected chi connectivity index (χ2v) is 7.86. The molecule has 1 aliphatic rings. The third kappa shape index (κ3) is 7.24. The number of benzene rings is 2. The van der Waals surface area contributed by atoms with E-state index in [1.165, 1.54) is 12.1 Å². The van der Waals surface area contributed by atoms with Gasteiger partial charge in [0.1, 0.15) is 11.6 Å².